The van der Waals surface area contributed by atoms with E-state index in [1.807, 2.05) is 12.1 Å². The first-order valence-corrected chi connectivity index (χ1v) is 14.0. The number of allylic oxidation sites excluding steroid dienone is 1. The molecule has 0 bridgehead atoms. The average molecular weight is 589 g/mol. The number of rotatable bonds is 6. The molecular weight excluding hydrogens is 560 g/mol. The zero-order chi connectivity index (χ0) is 31.1. The third-order valence-corrected chi connectivity index (χ3v) is 7.99. The number of aromatic nitrogens is 1. The Morgan fingerprint density at radius 1 is 0.886 bits per heavy atom. The van der Waals surface area contributed by atoms with Gasteiger partial charge in [0.2, 0.25) is 0 Å². The first kappa shape index (κ1) is 28.4. The third-order valence-electron chi connectivity index (χ3n) is 7.99. The second-order valence-corrected chi connectivity index (χ2v) is 10.7. The molecule has 0 fully saturated rings. The van der Waals surface area contributed by atoms with Crippen molar-refractivity contribution >= 4 is 41.4 Å². The van der Waals surface area contributed by atoms with Crippen LogP contribution in [0.4, 0.5) is 11.4 Å². The van der Waals surface area contributed by atoms with Crippen molar-refractivity contribution in [3.63, 3.8) is 0 Å². The summed E-state index contributed by atoms with van der Waals surface area (Å²) in [6.45, 7) is 2.71. The van der Waals surface area contributed by atoms with Crippen LogP contribution in [0.2, 0.25) is 0 Å². The number of hydrogen-bond acceptors (Lipinski definition) is 6. The minimum atomic E-state index is -1.11. The van der Waals surface area contributed by atoms with Crippen molar-refractivity contribution in [2.24, 2.45) is 5.10 Å². The molecule has 0 atom stereocenters. The number of benzene rings is 3. The highest BCUT2D eigenvalue weighted by atomic mass is 16.4. The number of anilines is 2. The topological polar surface area (TPSA) is 133 Å². The van der Waals surface area contributed by atoms with Crippen molar-refractivity contribution in [1.82, 2.24) is 4.57 Å². The maximum Gasteiger partial charge on any atom is 0.335 e. The van der Waals surface area contributed by atoms with E-state index in [1.165, 1.54) is 64.3 Å². The molecule has 2 aliphatic rings. The summed E-state index contributed by atoms with van der Waals surface area (Å²) >= 11 is 0. The molecule has 0 unspecified atom stereocenters. The van der Waals surface area contributed by atoms with Crippen LogP contribution in [0, 0.1) is 6.92 Å². The molecule has 1 amide bonds. The van der Waals surface area contributed by atoms with Crippen molar-refractivity contribution in [1.29, 1.82) is 0 Å². The Kier molecular flexibility index (Phi) is 7.18. The van der Waals surface area contributed by atoms with Gasteiger partial charge in [0, 0.05) is 24.5 Å². The second-order valence-electron chi connectivity index (χ2n) is 10.7. The zero-order valence-electron chi connectivity index (χ0n) is 24.0. The van der Waals surface area contributed by atoms with E-state index in [9.17, 15) is 29.4 Å². The number of carbonyl (C=O) groups excluding carboxylic acids is 1. The van der Waals surface area contributed by atoms with Gasteiger partial charge in [-0.15, -0.1) is 5.10 Å². The Morgan fingerprint density at radius 3 is 2.16 bits per heavy atom. The number of carboxylic acid groups (broad SMARTS) is 2. The normalized spacial score (nSPS) is 14.5. The molecule has 44 heavy (non-hydrogen) atoms. The van der Waals surface area contributed by atoms with Crippen LogP contribution in [-0.2, 0) is 6.42 Å². The summed E-state index contributed by atoms with van der Waals surface area (Å²) in [6.07, 6.45) is 7.45. The minimum Gasteiger partial charge on any atom is -0.478 e. The molecule has 10 heteroatoms. The van der Waals surface area contributed by atoms with Gasteiger partial charge in [0.25, 0.3) is 11.5 Å². The first-order valence-electron chi connectivity index (χ1n) is 14.0. The van der Waals surface area contributed by atoms with Gasteiger partial charge < -0.3 is 15.1 Å². The van der Waals surface area contributed by atoms with Gasteiger partial charge in [-0.2, -0.15) is 5.01 Å². The van der Waals surface area contributed by atoms with E-state index in [0.717, 1.165) is 30.0 Å². The summed E-state index contributed by atoms with van der Waals surface area (Å²) in [6, 6.07) is 17.7. The molecule has 1 aromatic heterocycles. The lowest BCUT2D eigenvalue weighted by Crippen LogP contribution is -2.45. The Labute approximate surface area is 251 Å². The molecule has 0 saturated carbocycles. The van der Waals surface area contributed by atoms with Crippen LogP contribution in [0.5, 0.6) is 0 Å². The van der Waals surface area contributed by atoms with Gasteiger partial charge in [-0.05, 0) is 103 Å². The fourth-order valence-corrected chi connectivity index (χ4v) is 5.66. The molecule has 4 aromatic rings. The summed E-state index contributed by atoms with van der Waals surface area (Å²) in [5.41, 5.74) is 4.57. The summed E-state index contributed by atoms with van der Waals surface area (Å²) in [5.74, 6) is -2.69. The van der Waals surface area contributed by atoms with Crippen LogP contribution >= 0.6 is 0 Å². The molecule has 3 heterocycles. The van der Waals surface area contributed by atoms with Crippen LogP contribution in [0.1, 0.15) is 54.2 Å². The molecule has 2 aliphatic heterocycles. The monoisotopic (exact) mass is 588 g/mol. The van der Waals surface area contributed by atoms with Gasteiger partial charge in [-0.25, -0.2) is 9.59 Å². The number of hydrogen-bond donors (Lipinski definition) is 2. The number of aromatic carboxylic acids is 2. The number of carbonyl (C=O) groups is 3. The van der Waals surface area contributed by atoms with Crippen molar-refractivity contribution in [3.8, 4) is 5.69 Å². The molecule has 0 saturated heterocycles. The van der Waals surface area contributed by atoms with E-state index >= 15 is 0 Å². The van der Waals surface area contributed by atoms with Crippen LogP contribution in [0.3, 0.4) is 0 Å². The van der Waals surface area contributed by atoms with E-state index in [1.54, 1.807) is 19.1 Å². The first-order chi connectivity index (χ1) is 21.1. The Hall–Kier alpha value is -5.77. The van der Waals surface area contributed by atoms with E-state index in [2.05, 4.69) is 29.2 Å². The van der Waals surface area contributed by atoms with Crippen LogP contribution in [0.25, 0.3) is 17.8 Å². The molecule has 220 valence electrons. The van der Waals surface area contributed by atoms with Crippen LogP contribution < -0.4 is 26.2 Å². The fraction of sp³-hybridized carbons (Fsp3) is 0.147. The molecule has 0 aliphatic carbocycles. The third kappa shape index (κ3) is 4.96. The van der Waals surface area contributed by atoms with Gasteiger partial charge in [-0.1, -0.05) is 18.2 Å². The van der Waals surface area contributed by atoms with Crippen molar-refractivity contribution in [2.75, 3.05) is 23.5 Å². The maximum absolute atomic E-state index is 14.0. The summed E-state index contributed by atoms with van der Waals surface area (Å²) in [5, 5.41) is 24.5. The molecule has 6 rings (SSSR count). The van der Waals surface area contributed by atoms with Crippen molar-refractivity contribution < 1.29 is 24.6 Å². The van der Waals surface area contributed by atoms with Gasteiger partial charge in [-0.3, -0.25) is 14.2 Å². The molecule has 0 spiro atoms. The lowest BCUT2D eigenvalue weighted by Gasteiger charge is -2.27. The number of fused-ring (bicyclic) bond motifs is 2. The number of carboxylic acids is 2. The number of amides is 1. The van der Waals surface area contributed by atoms with Gasteiger partial charge in [0.05, 0.1) is 28.1 Å². The molecule has 0 radical (unpaired) electrons. The smallest absolute Gasteiger partial charge is 0.335 e. The SMILES string of the molecule is Cc1c2c(n(-c3ccc(C(=O)O)cc3)c(=O)/c1=C/C=C/c1ccc3c(c1)CCCN3C)=NN(c1ccc(C(=O)O)cc1)C2=O. The van der Waals surface area contributed by atoms with E-state index in [-0.39, 0.29) is 27.4 Å². The van der Waals surface area contributed by atoms with E-state index < -0.39 is 23.4 Å². The summed E-state index contributed by atoms with van der Waals surface area (Å²) in [7, 11) is 2.08. The zero-order valence-corrected chi connectivity index (χ0v) is 24.0. The van der Waals surface area contributed by atoms with Gasteiger partial charge in [0.15, 0.2) is 5.49 Å². The summed E-state index contributed by atoms with van der Waals surface area (Å²) < 4.78 is 1.30. The van der Waals surface area contributed by atoms with Crippen LogP contribution in [-0.4, -0.2) is 46.2 Å². The molecule has 3 aromatic carbocycles. The highest BCUT2D eigenvalue weighted by molar-refractivity contribution is 6.08. The van der Waals surface area contributed by atoms with E-state index in [4.69, 9.17) is 0 Å². The Balaban J connectivity index is 1.49. The summed E-state index contributed by atoms with van der Waals surface area (Å²) in [4.78, 5) is 52.8. The lowest BCUT2D eigenvalue weighted by molar-refractivity contribution is 0.0686. The number of aryl methyl sites for hydroxylation is 1. The van der Waals surface area contributed by atoms with Gasteiger partial charge >= 0.3 is 11.9 Å². The largest absolute Gasteiger partial charge is 0.478 e. The predicted molar refractivity (Wildman–Crippen MR) is 166 cm³/mol. The maximum atomic E-state index is 14.0. The quantitative estimate of drug-likeness (QED) is 0.352. The van der Waals surface area contributed by atoms with Crippen LogP contribution in [0.15, 0.2) is 82.7 Å². The fourth-order valence-electron chi connectivity index (χ4n) is 5.66. The highest BCUT2D eigenvalue weighted by Crippen LogP contribution is 2.27. The average Bonchev–Trinajstić information content (AvgIpc) is 3.35. The number of pyridine rings is 1. The molecule has 10 nitrogen and oxygen atoms in total. The number of nitrogens with zero attached hydrogens (tertiary/aromatic N) is 4. The Morgan fingerprint density at radius 2 is 1.52 bits per heavy atom. The Bertz CT molecular complexity index is 2060. The lowest BCUT2D eigenvalue weighted by atomic mass is 9.99. The minimum absolute atomic E-state index is 0.0460. The highest BCUT2D eigenvalue weighted by Gasteiger charge is 2.31. The second kappa shape index (κ2) is 11.1. The predicted octanol–water partition coefficient (Wildman–Crippen LogP) is 3.61. The standard InChI is InChI=1S/C34H28N4O6/c1-20-27(7-3-5-21-8-17-28-24(19-21)6-4-18-36(28)2)31(39)37(25-13-9-22(10-14-25)33(41)42)30-29(20)32(40)38(35-30)26-15-11-23(12-16-26)34(43)44/h3,5,7-17,19H,4,6,18H2,1-2H3,(H,41,42)(H,43,44)/b5-3+,27-7+. The van der Waals surface area contributed by atoms with Gasteiger partial charge in [0.1, 0.15) is 0 Å². The van der Waals surface area contributed by atoms with E-state index in [0.29, 0.717) is 16.9 Å². The van der Waals surface area contributed by atoms with Crippen molar-refractivity contribution in [3.05, 3.63) is 127 Å². The molecule has 2 N–H and O–H groups in total. The van der Waals surface area contributed by atoms with Crippen molar-refractivity contribution in [2.45, 2.75) is 19.8 Å². The molecular formula is C34H28N4O6.